The van der Waals surface area contributed by atoms with Crippen molar-refractivity contribution in [2.45, 2.75) is 86.9 Å². The SMILES string of the molecule is CC1(C)CN(C(=O)OC(C)(C)C)N(C(=O)OC(C)(C)C)CC(C)(C)C1. The minimum Gasteiger partial charge on any atom is -0.442 e. The molecule has 1 aliphatic heterocycles. The number of hydrogen-bond donors (Lipinski definition) is 0. The third-order valence-electron chi connectivity index (χ3n) is 3.61. The summed E-state index contributed by atoms with van der Waals surface area (Å²) in [4.78, 5) is 25.6. The van der Waals surface area contributed by atoms with Crippen molar-refractivity contribution in [3.05, 3.63) is 0 Å². The molecule has 0 bridgehead atoms. The first-order chi connectivity index (χ1) is 10.9. The Hall–Kier alpha value is -1.46. The van der Waals surface area contributed by atoms with Crippen LogP contribution in [0.2, 0.25) is 0 Å². The van der Waals surface area contributed by atoms with Crippen LogP contribution in [-0.2, 0) is 9.47 Å². The van der Waals surface area contributed by atoms with Crippen molar-refractivity contribution < 1.29 is 19.1 Å². The number of carbonyl (C=O) groups excluding carboxylic acids is 2. The quantitative estimate of drug-likeness (QED) is 0.623. The molecule has 0 aromatic carbocycles. The third kappa shape index (κ3) is 7.12. The number of hydrazine groups is 1. The molecule has 0 N–H and O–H groups in total. The highest BCUT2D eigenvalue weighted by molar-refractivity contribution is 5.75. The maximum atomic E-state index is 12.8. The molecule has 6 nitrogen and oxygen atoms in total. The second-order valence-corrected chi connectivity index (χ2v) is 10.6. The van der Waals surface area contributed by atoms with Gasteiger partial charge in [-0.3, -0.25) is 0 Å². The first-order valence-corrected chi connectivity index (χ1v) is 8.92. The zero-order valence-corrected chi connectivity index (χ0v) is 17.6. The highest BCUT2D eigenvalue weighted by atomic mass is 16.6. The van der Waals surface area contributed by atoms with Gasteiger partial charge in [0.15, 0.2) is 0 Å². The number of rotatable bonds is 0. The predicted octanol–water partition coefficient (Wildman–Crippen LogP) is 4.83. The van der Waals surface area contributed by atoms with E-state index in [2.05, 4.69) is 27.7 Å². The van der Waals surface area contributed by atoms with Gasteiger partial charge in [-0.15, -0.1) is 0 Å². The molecule has 0 aromatic heterocycles. The fourth-order valence-electron chi connectivity index (χ4n) is 3.34. The highest BCUT2D eigenvalue weighted by Crippen LogP contribution is 2.39. The molecule has 0 unspecified atom stereocenters. The van der Waals surface area contributed by atoms with E-state index in [0.717, 1.165) is 6.42 Å². The Labute approximate surface area is 152 Å². The standard InChI is InChI=1S/C19H36N2O4/c1-16(2,3)24-14(22)20-12-18(7,8)11-19(9,10)13-21(20)15(23)25-17(4,5)6/h11-13H2,1-10H3. The summed E-state index contributed by atoms with van der Waals surface area (Å²) >= 11 is 0. The number of nitrogens with zero attached hydrogens (tertiary/aromatic N) is 2. The van der Waals surface area contributed by atoms with Crippen LogP contribution in [-0.4, -0.2) is 46.5 Å². The smallest absolute Gasteiger partial charge is 0.429 e. The molecule has 1 fully saturated rings. The van der Waals surface area contributed by atoms with E-state index < -0.39 is 23.4 Å². The van der Waals surface area contributed by atoms with Gasteiger partial charge in [-0.25, -0.2) is 19.6 Å². The van der Waals surface area contributed by atoms with Gasteiger partial charge < -0.3 is 9.47 Å². The number of amides is 2. The molecule has 0 aromatic rings. The summed E-state index contributed by atoms with van der Waals surface area (Å²) in [6.45, 7) is 20.1. The van der Waals surface area contributed by atoms with Gasteiger partial charge in [0.25, 0.3) is 0 Å². The Bertz CT molecular complexity index is 466. The molecule has 1 heterocycles. The third-order valence-corrected chi connectivity index (χ3v) is 3.61. The Morgan fingerprint density at radius 1 is 0.720 bits per heavy atom. The van der Waals surface area contributed by atoms with E-state index >= 15 is 0 Å². The largest absolute Gasteiger partial charge is 0.442 e. The monoisotopic (exact) mass is 356 g/mol. The molecular formula is C19H36N2O4. The van der Waals surface area contributed by atoms with Gasteiger partial charge >= 0.3 is 12.2 Å². The lowest BCUT2D eigenvalue weighted by molar-refractivity contribution is -0.0698. The molecule has 1 rings (SSSR count). The van der Waals surface area contributed by atoms with Crippen LogP contribution in [0.3, 0.4) is 0 Å². The molecule has 1 aliphatic rings. The van der Waals surface area contributed by atoms with Gasteiger partial charge in [0.05, 0.1) is 13.1 Å². The van der Waals surface area contributed by atoms with Crippen molar-refractivity contribution in [3.63, 3.8) is 0 Å². The van der Waals surface area contributed by atoms with Crippen LogP contribution in [0.15, 0.2) is 0 Å². The van der Waals surface area contributed by atoms with Crippen LogP contribution in [0.5, 0.6) is 0 Å². The average molecular weight is 357 g/mol. The molecule has 0 aliphatic carbocycles. The van der Waals surface area contributed by atoms with Crippen molar-refractivity contribution in [1.82, 2.24) is 10.0 Å². The van der Waals surface area contributed by atoms with Gasteiger partial charge in [-0.1, -0.05) is 27.7 Å². The number of ether oxygens (including phenoxy) is 2. The molecule has 0 saturated carbocycles. The summed E-state index contributed by atoms with van der Waals surface area (Å²) < 4.78 is 11.1. The van der Waals surface area contributed by atoms with E-state index in [-0.39, 0.29) is 10.8 Å². The molecule has 2 amide bonds. The van der Waals surface area contributed by atoms with Crippen molar-refractivity contribution in [1.29, 1.82) is 0 Å². The molecule has 1 saturated heterocycles. The van der Waals surface area contributed by atoms with Gasteiger partial charge in [-0.2, -0.15) is 0 Å². The molecular weight excluding hydrogens is 320 g/mol. The van der Waals surface area contributed by atoms with Crippen LogP contribution in [0.1, 0.15) is 75.7 Å². The predicted molar refractivity (Wildman–Crippen MR) is 98.1 cm³/mol. The van der Waals surface area contributed by atoms with Crippen molar-refractivity contribution in [3.8, 4) is 0 Å². The first kappa shape index (κ1) is 21.6. The normalized spacial score (nSPS) is 20.7. The summed E-state index contributed by atoms with van der Waals surface area (Å²) in [6, 6.07) is 0. The molecule has 0 atom stereocenters. The fourth-order valence-corrected chi connectivity index (χ4v) is 3.34. The van der Waals surface area contributed by atoms with Crippen molar-refractivity contribution >= 4 is 12.2 Å². The summed E-state index contributed by atoms with van der Waals surface area (Å²) in [5.41, 5.74) is -1.58. The fraction of sp³-hybridized carbons (Fsp3) is 0.895. The van der Waals surface area contributed by atoms with Gasteiger partial charge in [0.1, 0.15) is 11.2 Å². The minimum absolute atomic E-state index is 0.156. The zero-order chi connectivity index (χ0) is 19.8. The van der Waals surface area contributed by atoms with Crippen LogP contribution in [0, 0.1) is 10.8 Å². The molecule has 146 valence electrons. The second kappa shape index (κ2) is 6.69. The van der Waals surface area contributed by atoms with Crippen LogP contribution >= 0.6 is 0 Å². The molecule has 0 radical (unpaired) electrons. The number of hydrogen-bond acceptors (Lipinski definition) is 4. The van der Waals surface area contributed by atoms with Crippen LogP contribution in [0.25, 0.3) is 0 Å². The maximum absolute atomic E-state index is 12.8. The van der Waals surface area contributed by atoms with E-state index in [1.807, 2.05) is 41.5 Å². The van der Waals surface area contributed by atoms with Gasteiger partial charge in [0.2, 0.25) is 0 Å². The van der Waals surface area contributed by atoms with Gasteiger partial charge in [0, 0.05) is 0 Å². The summed E-state index contributed by atoms with van der Waals surface area (Å²) in [5.74, 6) is 0. The van der Waals surface area contributed by atoms with E-state index in [9.17, 15) is 9.59 Å². The summed E-state index contributed by atoms with van der Waals surface area (Å²) in [5, 5.41) is 2.82. The number of carbonyl (C=O) groups is 2. The Morgan fingerprint density at radius 2 is 1.00 bits per heavy atom. The van der Waals surface area contributed by atoms with E-state index in [0.29, 0.717) is 13.1 Å². The highest BCUT2D eigenvalue weighted by Gasteiger charge is 2.44. The van der Waals surface area contributed by atoms with Crippen LogP contribution < -0.4 is 0 Å². The summed E-state index contributed by atoms with van der Waals surface area (Å²) in [7, 11) is 0. The summed E-state index contributed by atoms with van der Waals surface area (Å²) in [6.07, 6.45) is -0.174. The minimum atomic E-state index is -0.636. The average Bonchev–Trinajstić information content (AvgIpc) is 2.36. The lowest BCUT2D eigenvalue weighted by atomic mass is 9.75. The van der Waals surface area contributed by atoms with Gasteiger partial charge in [-0.05, 0) is 58.8 Å². The molecule has 25 heavy (non-hydrogen) atoms. The lowest BCUT2D eigenvalue weighted by Crippen LogP contribution is -2.54. The van der Waals surface area contributed by atoms with E-state index in [1.165, 1.54) is 10.0 Å². The maximum Gasteiger partial charge on any atom is 0.429 e. The van der Waals surface area contributed by atoms with Crippen LogP contribution in [0.4, 0.5) is 9.59 Å². The Morgan fingerprint density at radius 3 is 1.24 bits per heavy atom. The van der Waals surface area contributed by atoms with E-state index in [1.54, 1.807) is 0 Å². The van der Waals surface area contributed by atoms with Crippen molar-refractivity contribution in [2.75, 3.05) is 13.1 Å². The molecule has 0 spiro atoms. The second-order valence-electron chi connectivity index (χ2n) is 10.6. The zero-order valence-electron chi connectivity index (χ0n) is 17.6. The Balaban J connectivity index is 3.22. The Kier molecular flexibility index (Phi) is 5.77. The van der Waals surface area contributed by atoms with Crippen molar-refractivity contribution in [2.24, 2.45) is 10.8 Å². The molecule has 6 heteroatoms. The van der Waals surface area contributed by atoms with E-state index in [4.69, 9.17) is 9.47 Å². The lowest BCUT2D eigenvalue weighted by Gasteiger charge is -2.38. The topological polar surface area (TPSA) is 59.1 Å². The first-order valence-electron chi connectivity index (χ1n) is 8.92.